The van der Waals surface area contributed by atoms with Crippen LogP contribution in [0.4, 0.5) is 13.2 Å². The average molecular weight is 290 g/mol. The maximum Gasteiger partial charge on any atom is 0.427 e. The Labute approximate surface area is 108 Å². The lowest BCUT2D eigenvalue weighted by atomic mass is 10.3. The summed E-state index contributed by atoms with van der Waals surface area (Å²) in [4.78, 5) is 4.97. The number of nitrogens with two attached hydrogens (primary N) is 1. The molecule has 2 N–H and O–H groups in total. The van der Waals surface area contributed by atoms with Gasteiger partial charge in [-0.15, -0.1) is 23.7 Å². The van der Waals surface area contributed by atoms with E-state index in [4.69, 9.17) is 5.73 Å². The van der Waals surface area contributed by atoms with Gasteiger partial charge >= 0.3 is 6.18 Å². The monoisotopic (exact) mass is 289 g/mol. The Balaban J connectivity index is 0.00000256. The minimum absolute atomic E-state index is 0. The highest BCUT2D eigenvalue weighted by atomic mass is 35.5. The Bertz CT molecular complexity index is 342. The predicted octanol–water partition coefficient (Wildman–Crippen LogP) is 2.36. The molecule has 100 valence electrons. The molecule has 0 radical (unpaired) electrons. The lowest BCUT2D eigenvalue weighted by Gasteiger charge is -2.21. The van der Waals surface area contributed by atoms with E-state index in [0.29, 0.717) is 29.4 Å². The summed E-state index contributed by atoms with van der Waals surface area (Å²) in [6, 6.07) is 0.123. The van der Waals surface area contributed by atoms with Gasteiger partial charge < -0.3 is 5.73 Å². The molecule has 0 spiro atoms. The molecule has 17 heavy (non-hydrogen) atoms. The number of halogens is 4. The largest absolute Gasteiger partial charge is 0.427 e. The van der Waals surface area contributed by atoms with Gasteiger partial charge in [-0.1, -0.05) is 0 Å². The molecule has 1 unspecified atom stereocenters. The fourth-order valence-corrected chi connectivity index (χ4v) is 1.91. The van der Waals surface area contributed by atoms with Crippen LogP contribution in [-0.2, 0) is 12.7 Å². The molecule has 0 aliphatic heterocycles. The standard InChI is InChI=1S/C9H14F3N3S.ClH/c1-6(3-13)15(2)5-8-14-4-7(16-8)9(10,11)12;/h4,6H,3,5,13H2,1-2H3;1H. The van der Waals surface area contributed by atoms with Crippen molar-refractivity contribution < 1.29 is 13.2 Å². The number of aromatic nitrogens is 1. The number of rotatable bonds is 4. The van der Waals surface area contributed by atoms with Crippen molar-refractivity contribution in [3.8, 4) is 0 Å². The SMILES string of the molecule is CC(CN)N(C)Cc1ncc(C(F)(F)F)s1.Cl. The first-order valence-electron chi connectivity index (χ1n) is 4.76. The van der Waals surface area contributed by atoms with Crippen molar-refractivity contribution in [2.45, 2.75) is 25.7 Å². The molecule has 8 heteroatoms. The van der Waals surface area contributed by atoms with E-state index in [2.05, 4.69) is 4.98 Å². The molecule has 1 atom stereocenters. The smallest absolute Gasteiger partial charge is 0.329 e. The van der Waals surface area contributed by atoms with Gasteiger partial charge in [0.25, 0.3) is 0 Å². The van der Waals surface area contributed by atoms with Gasteiger partial charge in [0, 0.05) is 12.6 Å². The number of hydrogen-bond donors (Lipinski definition) is 1. The van der Waals surface area contributed by atoms with Gasteiger partial charge in [0.05, 0.1) is 12.7 Å². The first kappa shape index (κ1) is 16.6. The first-order chi connectivity index (χ1) is 7.34. The van der Waals surface area contributed by atoms with Crippen LogP contribution in [0.15, 0.2) is 6.20 Å². The maximum absolute atomic E-state index is 12.3. The van der Waals surface area contributed by atoms with Crippen LogP contribution in [0.5, 0.6) is 0 Å². The zero-order chi connectivity index (χ0) is 12.3. The van der Waals surface area contributed by atoms with E-state index in [1.807, 2.05) is 18.9 Å². The molecule has 0 saturated carbocycles. The number of likely N-dealkylation sites (N-methyl/N-ethyl adjacent to an activating group) is 1. The second-order valence-electron chi connectivity index (χ2n) is 3.62. The van der Waals surface area contributed by atoms with Gasteiger partial charge in [-0.3, -0.25) is 4.90 Å². The third-order valence-corrected chi connectivity index (χ3v) is 3.34. The van der Waals surface area contributed by atoms with Gasteiger partial charge in [-0.25, -0.2) is 4.98 Å². The van der Waals surface area contributed by atoms with Crippen LogP contribution in [0.3, 0.4) is 0 Å². The van der Waals surface area contributed by atoms with Gasteiger partial charge in [-0.05, 0) is 14.0 Å². The lowest BCUT2D eigenvalue weighted by molar-refractivity contribution is -0.134. The summed E-state index contributed by atoms with van der Waals surface area (Å²) >= 11 is 0.677. The Kier molecular flexibility index (Phi) is 6.39. The second kappa shape index (κ2) is 6.53. The van der Waals surface area contributed by atoms with Crippen LogP contribution in [0, 0.1) is 0 Å². The van der Waals surface area contributed by atoms with Crippen molar-refractivity contribution in [1.82, 2.24) is 9.88 Å². The van der Waals surface area contributed by atoms with E-state index < -0.39 is 11.1 Å². The summed E-state index contributed by atoms with van der Waals surface area (Å²) in [5.41, 5.74) is 5.46. The van der Waals surface area contributed by atoms with Crippen LogP contribution in [0.2, 0.25) is 0 Å². The topological polar surface area (TPSA) is 42.1 Å². The predicted molar refractivity (Wildman–Crippen MR) is 64.3 cm³/mol. The fourth-order valence-electron chi connectivity index (χ4n) is 1.06. The Morgan fingerprint density at radius 3 is 2.53 bits per heavy atom. The molecule has 0 saturated heterocycles. The van der Waals surface area contributed by atoms with Gasteiger partial charge in [0.1, 0.15) is 9.88 Å². The minimum Gasteiger partial charge on any atom is -0.329 e. The summed E-state index contributed by atoms with van der Waals surface area (Å²) in [7, 11) is 1.81. The van der Waals surface area contributed by atoms with E-state index >= 15 is 0 Å². The van der Waals surface area contributed by atoms with E-state index in [0.717, 1.165) is 6.20 Å². The normalized spacial score (nSPS) is 13.6. The Morgan fingerprint density at radius 1 is 1.53 bits per heavy atom. The van der Waals surface area contributed by atoms with Crippen LogP contribution in [-0.4, -0.2) is 29.5 Å². The molecule has 1 heterocycles. The number of alkyl halides is 3. The zero-order valence-electron chi connectivity index (χ0n) is 9.49. The molecule has 1 aromatic rings. The molecule has 0 aromatic carbocycles. The average Bonchev–Trinajstić information content (AvgIpc) is 2.64. The molecule has 0 aliphatic rings. The molecule has 0 amide bonds. The Morgan fingerprint density at radius 2 is 2.12 bits per heavy atom. The highest BCUT2D eigenvalue weighted by Crippen LogP contribution is 2.33. The number of nitrogens with zero attached hydrogens (tertiary/aromatic N) is 2. The summed E-state index contributed by atoms with van der Waals surface area (Å²) in [6.07, 6.45) is -3.42. The molecule has 0 bridgehead atoms. The van der Waals surface area contributed by atoms with E-state index in [1.165, 1.54) is 0 Å². The van der Waals surface area contributed by atoms with Gasteiger partial charge in [-0.2, -0.15) is 13.2 Å². The molecule has 0 aliphatic carbocycles. The third-order valence-electron chi connectivity index (χ3n) is 2.31. The van der Waals surface area contributed by atoms with Crippen molar-refractivity contribution >= 4 is 23.7 Å². The molecular formula is C9H15ClF3N3S. The van der Waals surface area contributed by atoms with Crippen molar-refractivity contribution in [2.24, 2.45) is 5.73 Å². The fraction of sp³-hybridized carbons (Fsp3) is 0.667. The van der Waals surface area contributed by atoms with E-state index in [-0.39, 0.29) is 18.4 Å². The minimum atomic E-state index is -4.30. The van der Waals surface area contributed by atoms with Crippen molar-refractivity contribution in [2.75, 3.05) is 13.6 Å². The number of thiazole rings is 1. The molecule has 1 aromatic heterocycles. The van der Waals surface area contributed by atoms with Gasteiger partial charge in [0.15, 0.2) is 0 Å². The zero-order valence-corrected chi connectivity index (χ0v) is 11.1. The van der Waals surface area contributed by atoms with Crippen LogP contribution < -0.4 is 5.73 Å². The second-order valence-corrected chi connectivity index (χ2v) is 4.73. The van der Waals surface area contributed by atoms with Gasteiger partial charge in [0.2, 0.25) is 0 Å². The Hall–Kier alpha value is -0.370. The lowest BCUT2D eigenvalue weighted by Crippen LogP contribution is -2.34. The number of hydrogen-bond acceptors (Lipinski definition) is 4. The van der Waals surface area contributed by atoms with Crippen LogP contribution in [0.1, 0.15) is 16.8 Å². The first-order valence-corrected chi connectivity index (χ1v) is 5.58. The molecule has 1 rings (SSSR count). The van der Waals surface area contributed by atoms with Crippen molar-refractivity contribution in [1.29, 1.82) is 0 Å². The van der Waals surface area contributed by atoms with Crippen LogP contribution >= 0.6 is 23.7 Å². The third kappa shape index (κ3) is 4.79. The summed E-state index contributed by atoms with van der Waals surface area (Å²) < 4.78 is 36.9. The highest BCUT2D eigenvalue weighted by molar-refractivity contribution is 7.11. The summed E-state index contributed by atoms with van der Waals surface area (Å²) in [5.74, 6) is 0. The molecule has 0 fully saturated rings. The van der Waals surface area contributed by atoms with Crippen molar-refractivity contribution in [3.63, 3.8) is 0 Å². The molecular weight excluding hydrogens is 275 g/mol. The summed E-state index contributed by atoms with van der Waals surface area (Å²) in [5, 5.41) is 0.454. The van der Waals surface area contributed by atoms with Crippen molar-refractivity contribution in [3.05, 3.63) is 16.1 Å². The quantitative estimate of drug-likeness (QED) is 0.925. The summed E-state index contributed by atoms with van der Waals surface area (Å²) in [6.45, 7) is 2.77. The maximum atomic E-state index is 12.3. The van der Waals surface area contributed by atoms with E-state index in [9.17, 15) is 13.2 Å². The van der Waals surface area contributed by atoms with E-state index in [1.54, 1.807) is 0 Å². The highest BCUT2D eigenvalue weighted by Gasteiger charge is 2.33. The molecule has 3 nitrogen and oxygen atoms in total. The van der Waals surface area contributed by atoms with Crippen LogP contribution in [0.25, 0.3) is 0 Å².